The monoisotopic (exact) mass is 317 g/mol. The summed E-state index contributed by atoms with van der Waals surface area (Å²) in [5.74, 6) is 0.388. The van der Waals surface area contributed by atoms with E-state index < -0.39 is 6.04 Å². The summed E-state index contributed by atoms with van der Waals surface area (Å²) in [6, 6.07) is 8.98. The summed E-state index contributed by atoms with van der Waals surface area (Å²) in [4.78, 5) is 26.3. The number of nitrogens with zero attached hydrogens (tertiary/aromatic N) is 1. The van der Waals surface area contributed by atoms with Gasteiger partial charge in [-0.1, -0.05) is 32.0 Å². The van der Waals surface area contributed by atoms with Gasteiger partial charge in [-0.2, -0.15) is 0 Å². The number of carbonyl (C=O) groups excluding carboxylic acids is 2. The molecule has 0 radical (unpaired) electrons. The molecule has 23 heavy (non-hydrogen) atoms. The average molecular weight is 317 g/mol. The smallest absolute Gasteiger partial charge is 0.253 e. The predicted octanol–water partition coefficient (Wildman–Crippen LogP) is 1.78. The lowest BCUT2D eigenvalue weighted by molar-refractivity contribution is -0.123. The Morgan fingerprint density at radius 3 is 2.39 bits per heavy atom. The lowest BCUT2D eigenvalue weighted by Gasteiger charge is -2.33. The molecule has 1 aliphatic heterocycles. The fraction of sp³-hybridized carbons (Fsp3) is 0.556. The van der Waals surface area contributed by atoms with E-state index >= 15 is 0 Å². The van der Waals surface area contributed by atoms with Gasteiger partial charge in [0.25, 0.3) is 5.91 Å². The summed E-state index contributed by atoms with van der Waals surface area (Å²) >= 11 is 0. The lowest BCUT2D eigenvalue weighted by atomic mass is 10.0. The van der Waals surface area contributed by atoms with Crippen LogP contribution in [0.5, 0.6) is 0 Å². The SMILES string of the molecule is CC(C)C[C@H](N)C(=O)NC1CCN(C(=O)c2ccccc2)CC1. The Bertz CT molecular complexity index is 522. The highest BCUT2D eigenvalue weighted by Crippen LogP contribution is 2.14. The molecular formula is C18H27N3O2. The van der Waals surface area contributed by atoms with Crippen molar-refractivity contribution in [2.24, 2.45) is 11.7 Å². The summed E-state index contributed by atoms with van der Waals surface area (Å²) in [7, 11) is 0. The molecule has 126 valence electrons. The molecule has 5 nitrogen and oxygen atoms in total. The number of amides is 2. The minimum atomic E-state index is -0.445. The molecule has 1 atom stereocenters. The molecule has 0 saturated carbocycles. The number of carbonyl (C=O) groups is 2. The van der Waals surface area contributed by atoms with E-state index in [0.717, 1.165) is 12.8 Å². The molecule has 1 aromatic carbocycles. The Balaban J connectivity index is 1.80. The van der Waals surface area contributed by atoms with E-state index in [2.05, 4.69) is 19.2 Å². The second-order valence-corrected chi connectivity index (χ2v) is 6.68. The number of likely N-dealkylation sites (tertiary alicyclic amines) is 1. The van der Waals surface area contributed by atoms with E-state index in [4.69, 9.17) is 5.73 Å². The van der Waals surface area contributed by atoms with Crippen LogP contribution in [0.4, 0.5) is 0 Å². The number of piperidine rings is 1. The van der Waals surface area contributed by atoms with Crippen LogP contribution in [0.2, 0.25) is 0 Å². The molecule has 5 heteroatoms. The third-order valence-electron chi connectivity index (χ3n) is 4.21. The predicted molar refractivity (Wildman–Crippen MR) is 90.9 cm³/mol. The topological polar surface area (TPSA) is 75.4 Å². The Labute approximate surface area is 138 Å². The Hall–Kier alpha value is -1.88. The van der Waals surface area contributed by atoms with Crippen molar-refractivity contribution in [1.82, 2.24) is 10.2 Å². The molecule has 1 aromatic rings. The molecule has 0 aliphatic carbocycles. The van der Waals surface area contributed by atoms with E-state index in [0.29, 0.717) is 31.0 Å². The van der Waals surface area contributed by atoms with Gasteiger partial charge in [0.2, 0.25) is 5.91 Å². The fourth-order valence-corrected chi connectivity index (χ4v) is 2.91. The fourth-order valence-electron chi connectivity index (χ4n) is 2.91. The van der Waals surface area contributed by atoms with Crippen LogP contribution in [0.1, 0.15) is 43.5 Å². The largest absolute Gasteiger partial charge is 0.352 e. The number of nitrogens with two attached hydrogens (primary N) is 1. The summed E-state index contributed by atoms with van der Waals surface area (Å²) in [6.07, 6.45) is 2.24. The second-order valence-electron chi connectivity index (χ2n) is 6.68. The molecule has 0 unspecified atom stereocenters. The highest BCUT2D eigenvalue weighted by atomic mass is 16.2. The molecule has 0 bridgehead atoms. The maximum atomic E-state index is 12.4. The normalized spacial score (nSPS) is 17.1. The van der Waals surface area contributed by atoms with Gasteiger partial charge < -0.3 is 16.0 Å². The highest BCUT2D eigenvalue weighted by Gasteiger charge is 2.26. The van der Waals surface area contributed by atoms with Gasteiger partial charge in [0, 0.05) is 24.7 Å². The van der Waals surface area contributed by atoms with Gasteiger partial charge in [-0.05, 0) is 37.3 Å². The molecule has 3 N–H and O–H groups in total. The zero-order valence-corrected chi connectivity index (χ0v) is 14.0. The molecule has 0 aromatic heterocycles. The second kappa shape index (κ2) is 8.11. The van der Waals surface area contributed by atoms with Crippen molar-refractivity contribution in [1.29, 1.82) is 0 Å². The number of benzene rings is 1. The van der Waals surface area contributed by atoms with E-state index in [1.807, 2.05) is 35.2 Å². The van der Waals surface area contributed by atoms with Gasteiger partial charge in [-0.25, -0.2) is 0 Å². The van der Waals surface area contributed by atoms with Gasteiger partial charge in [0.05, 0.1) is 6.04 Å². The van der Waals surface area contributed by atoms with E-state index in [1.165, 1.54) is 0 Å². The first kappa shape index (κ1) is 17.5. The van der Waals surface area contributed by atoms with Crippen LogP contribution in [-0.2, 0) is 4.79 Å². The third-order valence-corrected chi connectivity index (χ3v) is 4.21. The Kier molecular flexibility index (Phi) is 6.16. The van der Waals surface area contributed by atoms with Crippen LogP contribution in [0, 0.1) is 5.92 Å². The molecule has 1 fully saturated rings. The first-order chi connectivity index (χ1) is 11.0. The zero-order chi connectivity index (χ0) is 16.8. The molecule has 1 saturated heterocycles. The quantitative estimate of drug-likeness (QED) is 0.869. The van der Waals surface area contributed by atoms with Crippen LogP contribution in [0.15, 0.2) is 30.3 Å². The van der Waals surface area contributed by atoms with Crippen molar-refractivity contribution in [3.8, 4) is 0 Å². The first-order valence-electron chi connectivity index (χ1n) is 8.37. The maximum absolute atomic E-state index is 12.4. The van der Waals surface area contributed by atoms with Gasteiger partial charge in [-0.15, -0.1) is 0 Å². The Morgan fingerprint density at radius 2 is 1.83 bits per heavy atom. The van der Waals surface area contributed by atoms with E-state index in [9.17, 15) is 9.59 Å². The molecular weight excluding hydrogens is 290 g/mol. The third kappa shape index (κ3) is 5.06. The van der Waals surface area contributed by atoms with Crippen molar-refractivity contribution in [2.45, 2.75) is 45.2 Å². The lowest BCUT2D eigenvalue weighted by Crippen LogP contribution is -2.50. The van der Waals surface area contributed by atoms with Gasteiger partial charge in [0.15, 0.2) is 0 Å². The standard InChI is InChI=1S/C18H27N3O2/c1-13(2)12-16(19)17(22)20-15-8-10-21(11-9-15)18(23)14-6-4-3-5-7-14/h3-7,13,15-16H,8-12,19H2,1-2H3,(H,20,22)/t16-/m0/s1. The van der Waals surface area contributed by atoms with Gasteiger partial charge in [-0.3, -0.25) is 9.59 Å². The molecule has 1 heterocycles. The first-order valence-corrected chi connectivity index (χ1v) is 8.37. The van der Waals surface area contributed by atoms with E-state index in [-0.39, 0.29) is 17.9 Å². The highest BCUT2D eigenvalue weighted by molar-refractivity contribution is 5.94. The van der Waals surface area contributed by atoms with Crippen molar-refractivity contribution < 1.29 is 9.59 Å². The van der Waals surface area contributed by atoms with Crippen LogP contribution < -0.4 is 11.1 Å². The zero-order valence-electron chi connectivity index (χ0n) is 14.0. The minimum absolute atomic E-state index is 0.0619. The molecule has 1 aliphatic rings. The summed E-state index contributed by atoms with van der Waals surface area (Å²) < 4.78 is 0. The molecule has 2 amide bonds. The van der Waals surface area contributed by atoms with Crippen molar-refractivity contribution >= 4 is 11.8 Å². The summed E-state index contributed by atoms with van der Waals surface area (Å²) in [5.41, 5.74) is 6.63. The number of hydrogen-bond acceptors (Lipinski definition) is 3. The van der Waals surface area contributed by atoms with Crippen LogP contribution >= 0.6 is 0 Å². The average Bonchev–Trinajstić information content (AvgIpc) is 2.55. The molecule has 2 rings (SSSR count). The summed E-state index contributed by atoms with van der Waals surface area (Å²) in [5, 5.41) is 3.02. The summed E-state index contributed by atoms with van der Waals surface area (Å²) in [6.45, 7) is 5.44. The van der Waals surface area contributed by atoms with E-state index in [1.54, 1.807) is 0 Å². The van der Waals surface area contributed by atoms with Crippen LogP contribution in [0.3, 0.4) is 0 Å². The molecule has 0 spiro atoms. The van der Waals surface area contributed by atoms with Crippen molar-refractivity contribution in [2.75, 3.05) is 13.1 Å². The minimum Gasteiger partial charge on any atom is -0.352 e. The van der Waals surface area contributed by atoms with Gasteiger partial charge >= 0.3 is 0 Å². The Morgan fingerprint density at radius 1 is 1.22 bits per heavy atom. The van der Waals surface area contributed by atoms with Gasteiger partial charge in [0.1, 0.15) is 0 Å². The van der Waals surface area contributed by atoms with Crippen LogP contribution in [-0.4, -0.2) is 41.9 Å². The maximum Gasteiger partial charge on any atom is 0.253 e. The van der Waals surface area contributed by atoms with Crippen molar-refractivity contribution in [3.63, 3.8) is 0 Å². The number of nitrogens with one attached hydrogen (secondary N) is 1. The van der Waals surface area contributed by atoms with Crippen molar-refractivity contribution in [3.05, 3.63) is 35.9 Å². The van der Waals surface area contributed by atoms with Crippen LogP contribution in [0.25, 0.3) is 0 Å². The number of rotatable bonds is 5. The number of hydrogen-bond donors (Lipinski definition) is 2.